The van der Waals surface area contributed by atoms with Crippen molar-refractivity contribution in [1.29, 1.82) is 0 Å². The fourth-order valence-corrected chi connectivity index (χ4v) is 2.54. The van der Waals surface area contributed by atoms with Gasteiger partial charge in [0.25, 0.3) is 5.91 Å². The van der Waals surface area contributed by atoms with Gasteiger partial charge in [-0.05, 0) is 40.2 Å². The number of nitrogens with zero attached hydrogens (tertiary/aromatic N) is 1. The fraction of sp³-hybridized carbons (Fsp3) is 0.143. The SMILES string of the molecule is O=C(Nc1cccc(N2CCNC2=O)c1)c1ccoc1Br. The van der Waals surface area contributed by atoms with E-state index in [1.807, 2.05) is 6.07 Å². The van der Waals surface area contributed by atoms with Crippen LogP contribution in [0.5, 0.6) is 0 Å². The predicted molar refractivity (Wildman–Crippen MR) is 81.5 cm³/mol. The molecule has 7 heteroatoms. The molecule has 2 aromatic rings. The summed E-state index contributed by atoms with van der Waals surface area (Å²) in [5.74, 6) is -0.279. The lowest BCUT2D eigenvalue weighted by atomic mass is 10.2. The first kappa shape index (κ1) is 13.7. The van der Waals surface area contributed by atoms with Crippen molar-refractivity contribution >= 4 is 39.2 Å². The molecular formula is C14H12BrN3O3. The summed E-state index contributed by atoms with van der Waals surface area (Å²) in [5, 5.41) is 5.52. The number of nitrogens with one attached hydrogen (secondary N) is 2. The van der Waals surface area contributed by atoms with Crippen molar-refractivity contribution in [3.8, 4) is 0 Å². The van der Waals surface area contributed by atoms with E-state index < -0.39 is 0 Å². The smallest absolute Gasteiger partial charge is 0.321 e. The van der Waals surface area contributed by atoms with Gasteiger partial charge in [-0.3, -0.25) is 9.69 Å². The maximum atomic E-state index is 12.1. The Hall–Kier alpha value is -2.28. The van der Waals surface area contributed by atoms with E-state index in [1.54, 1.807) is 29.2 Å². The molecule has 6 nitrogen and oxygen atoms in total. The number of carbonyl (C=O) groups is 2. The van der Waals surface area contributed by atoms with Crippen molar-refractivity contribution < 1.29 is 14.0 Å². The van der Waals surface area contributed by atoms with Crippen LogP contribution >= 0.6 is 15.9 Å². The lowest BCUT2D eigenvalue weighted by molar-refractivity contribution is 0.102. The zero-order chi connectivity index (χ0) is 14.8. The van der Waals surface area contributed by atoms with Crippen molar-refractivity contribution in [2.75, 3.05) is 23.3 Å². The summed E-state index contributed by atoms with van der Waals surface area (Å²) in [6.07, 6.45) is 1.43. The molecule has 1 aliphatic rings. The van der Waals surface area contributed by atoms with Crippen LogP contribution in [0.2, 0.25) is 0 Å². The number of furan rings is 1. The zero-order valence-corrected chi connectivity index (χ0v) is 12.5. The standard InChI is InChI=1S/C14H12BrN3O3/c15-12-11(4-7-21-12)13(19)17-9-2-1-3-10(8-9)18-6-5-16-14(18)20/h1-4,7-8H,5-6H2,(H,16,20)(H,17,19). The first-order valence-electron chi connectivity index (χ1n) is 6.35. The van der Waals surface area contributed by atoms with E-state index in [4.69, 9.17) is 4.42 Å². The van der Waals surface area contributed by atoms with E-state index in [0.717, 1.165) is 5.69 Å². The molecule has 3 amide bonds. The van der Waals surface area contributed by atoms with Crippen LogP contribution < -0.4 is 15.5 Å². The number of halogens is 1. The Morgan fingerprint density at radius 1 is 1.38 bits per heavy atom. The Balaban J connectivity index is 1.79. The Morgan fingerprint density at radius 2 is 2.24 bits per heavy atom. The third-order valence-corrected chi connectivity index (χ3v) is 3.75. The number of anilines is 2. The van der Waals surface area contributed by atoms with Crippen molar-refractivity contribution in [2.45, 2.75) is 0 Å². The zero-order valence-electron chi connectivity index (χ0n) is 10.9. The minimum Gasteiger partial charge on any atom is -0.457 e. The van der Waals surface area contributed by atoms with Gasteiger partial charge >= 0.3 is 6.03 Å². The van der Waals surface area contributed by atoms with E-state index in [1.165, 1.54) is 6.26 Å². The Morgan fingerprint density at radius 3 is 2.90 bits per heavy atom. The second kappa shape index (κ2) is 5.61. The molecule has 0 atom stereocenters. The van der Waals surface area contributed by atoms with Crippen molar-refractivity contribution in [2.24, 2.45) is 0 Å². The molecule has 0 aliphatic carbocycles. The molecule has 21 heavy (non-hydrogen) atoms. The third-order valence-electron chi connectivity index (χ3n) is 3.14. The van der Waals surface area contributed by atoms with Gasteiger partial charge in [0, 0.05) is 24.5 Å². The van der Waals surface area contributed by atoms with E-state index in [0.29, 0.717) is 29.0 Å². The first-order valence-corrected chi connectivity index (χ1v) is 7.14. The minimum absolute atomic E-state index is 0.129. The Labute approximate surface area is 129 Å². The molecule has 2 N–H and O–H groups in total. The van der Waals surface area contributed by atoms with Crippen LogP contribution in [0.15, 0.2) is 45.7 Å². The van der Waals surface area contributed by atoms with Crippen molar-refractivity contribution in [1.82, 2.24) is 5.32 Å². The van der Waals surface area contributed by atoms with Crippen LogP contribution in [0.25, 0.3) is 0 Å². The quantitative estimate of drug-likeness (QED) is 0.894. The molecule has 0 unspecified atom stereocenters. The molecule has 1 fully saturated rings. The number of benzene rings is 1. The van der Waals surface area contributed by atoms with Gasteiger partial charge in [0.05, 0.1) is 11.8 Å². The predicted octanol–water partition coefficient (Wildman–Crippen LogP) is 2.82. The summed E-state index contributed by atoms with van der Waals surface area (Å²) in [5.41, 5.74) is 1.78. The largest absolute Gasteiger partial charge is 0.457 e. The topological polar surface area (TPSA) is 74.6 Å². The molecule has 3 rings (SSSR count). The van der Waals surface area contributed by atoms with Crippen molar-refractivity contribution in [3.05, 3.63) is 46.8 Å². The number of rotatable bonds is 3. The molecule has 0 saturated carbocycles. The second-order valence-electron chi connectivity index (χ2n) is 4.50. The molecule has 2 heterocycles. The normalized spacial score (nSPS) is 14.1. The molecular weight excluding hydrogens is 338 g/mol. The van der Waals surface area contributed by atoms with Gasteiger partial charge in [-0.15, -0.1) is 0 Å². The lowest BCUT2D eigenvalue weighted by Crippen LogP contribution is -2.27. The van der Waals surface area contributed by atoms with Gasteiger partial charge in [0.15, 0.2) is 4.67 Å². The monoisotopic (exact) mass is 349 g/mol. The highest BCUT2D eigenvalue weighted by Gasteiger charge is 2.21. The van der Waals surface area contributed by atoms with Gasteiger partial charge in [0.1, 0.15) is 0 Å². The van der Waals surface area contributed by atoms with Gasteiger partial charge in [-0.2, -0.15) is 0 Å². The van der Waals surface area contributed by atoms with Crippen LogP contribution in [-0.4, -0.2) is 25.0 Å². The molecule has 1 aliphatic heterocycles. The second-order valence-corrected chi connectivity index (χ2v) is 5.22. The van der Waals surface area contributed by atoms with Gasteiger partial charge in [0.2, 0.25) is 0 Å². The van der Waals surface area contributed by atoms with Gasteiger partial charge < -0.3 is 15.1 Å². The average molecular weight is 350 g/mol. The Kier molecular flexibility index (Phi) is 3.66. The summed E-state index contributed by atoms with van der Waals surface area (Å²) in [4.78, 5) is 25.4. The number of hydrogen-bond donors (Lipinski definition) is 2. The van der Waals surface area contributed by atoms with Crippen molar-refractivity contribution in [3.63, 3.8) is 0 Å². The van der Waals surface area contributed by atoms with Crippen LogP contribution in [-0.2, 0) is 0 Å². The molecule has 1 aromatic carbocycles. The molecule has 108 valence electrons. The number of amides is 3. The van der Waals surface area contributed by atoms with Gasteiger partial charge in [-0.25, -0.2) is 4.79 Å². The third kappa shape index (κ3) is 2.78. The van der Waals surface area contributed by atoms with Crippen LogP contribution in [0.1, 0.15) is 10.4 Å². The minimum atomic E-state index is -0.279. The van der Waals surface area contributed by atoms with Crippen LogP contribution in [0.4, 0.5) is 16.2 Å². The number of carbonyl (C=O) groups excluding carboxylic acids is 2. The summed E-state index contributed by atoms with van der Waals surface area (Å²) >= 11 is 3.17. The number of hydrogen-bond acceptors (Lipinski definition) is 3. The molecule has 1 saturated heterocycles. The molecule has 0 bridgehead atoms. The van der Waals surface area contributed by atoms with Crippen LogP contribution in [0, 0.1) is 0 Å². The molecule has 0 radical (unpaired) electrons. The number of urea groups is 1. The molecule has 1 aromatic heterocycles. The van der Waals surface area contributed by atoms with E-state index in [2.05, 4.69) is 26.6 Å². The average Bonchev–Trinajstić information content (AvgIpc) is 3.07. The van der Waals surface area contributed by atoms with Crippen LogP contribution in [0.3, 0.4) is 0 Å². The molecule has 0 spiro atoms. The lowest BCUT2D eigenvalue weighted by Gasteiger charge is -2.15. The fourth-order valence-electron chi connectivity index (χ4n) is 2.12. The summed E-state index contributed by atoms with van der Waals surface area (Å²) < 4.78 is 5.42. The highest BCUT2D eigenvalue weighted by atomic mass is 79.9. The van der Waals surface area contributed by atoms with E-state index in [-0.39, 0.29) is 11.9 Å². The maximum absolute atomic E-state index is 12.1. The van der Waals surface area contributed by atoms with E-state index >= 15 is 0 Å². The highest BCUT2D eigenvalue weighted by Crippen LogP contribution is 2.23. The van der Waals surface area contributed by atoms with Gasteiger partial charge in [-0.1, -0.05) is 6.07 Å². The Bertz CT molecular complexity index is 698. The summed E-state index contributed by atoms with van der Waals surface area (Å²) in [6.45, 7) is 1.24. The summed E-state index contributed by atoms with van der Waals surface area (Å²) in [7, 11) is 0. The maximum Gasteiger partial charge on any atom is 0.321 e. The summed E-state index contributed by atoms with van der Waals surface area (Å²) in [6, 6.07) is 8.60. The first-order chi connectivity index (χ1) is 10.1. The van der Waals surface area contributed by atoms with E-state index in [9.17, 15) is 9.59 Å². The highest BCUT2D eigenvalue weighted by molar-refractivity contribution is 9.10.